The van der Waals surface area contributed by atoms with E-state index in [0.717, 1.165) is 5.69 Å². The van der Waals surface area contributed by atoms with Crippen molar-refractivity contribution >= 4 is 23.8 Å². The van der Waals surface area contributed by atoms with Crippen LogP contribution in [0.15, 0.2) is 60.8 Å². The van der Waals surface area contributed by atoms with Crippen LogP contribution in [0.25, 0.3) is 5.69 Å². The van der Waals surface area contributed by atoms with E-state index in [1.54, 1.807) is 42.1 Å². The molecule has 0 aliphatic heterocycles. The second-order valence-corrected chi connectivity index (χ2v) is 5.86. The van der Waals surface area contributed by atoms with Crippen LogP contribution in [0.4, 0.5) is 5.69 Å². The zero-order valence-electron chi connectivity index (χ0n) is 14.3. The van der Waals surface area contributed by atoms with E-state index in [1.807, 2.05) is 30.3 Å². The highest BCUT2D eigenvalue weighted by atomic mass is 32.1. The second kappa shape index (κ2) is 8.46. The molecule has 1 amide bonds. The minimum Gasteiger partial charge on any atom is -0.491 e. The number of benzene rings is 2. The molecule has 2 aromatic carbocycles. The summed E-state index contributed by atoms with van der Waals surface area (Å²) in [6.45, 7) is 0.999. The predicted molar refractivity (Wildman–Crippen MR) is 103 cm³/mol. The molecule has 0 radical (unpaired) electrons. The first kappa shape index (κ1) is 17.9. The molecule has 3 aromatic rings. The third-order valence-electron chi connectivity index (χ3n) is 3.69. The summed E-state index contributed by atoms with van der Waals surface area (Å²) >= 11 is 5.31. The molecule has 0 fully saturated rings. The minimum absolute atomic E-state index is 0.255. The fourth-order valence-electron chi connectivity index (χ4n) is 2.44. The van der Waals surface area contributed by atoms with Gasteiger partial charge in [0.2, 0.25) is 0 Å². The van der Waals surface area contributed by atoms with Gasteiger partial charge in [-0.15, -0.1) is 0 Å². The number of amides is 1. The maximum atomic E-state index is 12.7. The second-order valence-electron chi connectivity index (χ2n) is 5.47. The number of carbonyl (C=O) groups is 1. The molecule has 0 unspecified atom stereocenters. The zero-order chi connectivity index (χ0) is 18.4. The third-order valence-corrected chi connectivity index (χ3v) is 3.99. The Hall–Kier alpha value is -2.90. The summed E-state index contributed by atoms with van der Waals surface area (Å²) in [5.41, 5.74) is 1.92. The molecule has 0 saturated heterocycles. The molecular weight excluding hydrogens is 350 g/mol. The monoisotopic (exact) mass is 369 g/mol. The van der Waals surface area contributed by atoms with Crippen molar-refractivity contribution in [2.24, 2.45) is 0 Å². The summed E-state index contributed by atoms with van der Waals surface area (Å²) in [6, 6.07) is 16.7. The van der Waals surface area contributed by atoms with Crippen molar-refractivity contribution in [3.63, 3.8) is 0 Å². The van der Waals surface area contributed by atoms with Crippen molar-refractivity contribution in [2.75, 3.05) is 25.6 Å². The Morgan fingerprint density at radius 3 is 2.54 bits per heavy atom. The van der Waals surface area contributed by atoms with E-state index in [0.29, 0.717) is 35.1 Å². The van der Waals surface area contributed by atoms with Crippen LogP contribution in [0.3, 0.4) is 0 Å². The molecule has 2 N–H and O–H groups in total. The van der Waals surface area contributed by atoms with E-state index < -0.39 is 0 Å². The maximum Gasteiger partial charge on any atom is 0.274 e. The highest BCUT2D eigenvalue weighted by Gasteiger charge is 2.14. The number of carbonyl (C=O) groups excluding carboxylic acids is 1. The number of nitrogens with zero attached hydrogens (tertiary/aromatic N) is 1. The van der Waals surface area contributed by atoms with E-state index in [1.165, 1.54) is 0 Å². The van der Waals surface area contributed by atoms with E-state index in [4.69, 9.17) is 21.7 Å². The van der Waals surface area contributed by atoms with Crippen LogP contribution in [-0.4, -0.2) is 35.8 Å². The predicted octanol–water partition coefficient (Wildman–Crippen LogP) is 3.81. The Morgan fingerprint density at radius 1 is 1.12 bits per heavy atom. The Bertz CT molecular complexity index is 917. The smallest absolute Gasteiger partial charge is 0.274 e. The normalized spacial score (nSPS) is 10.5. The SMILES string of the molecule is COCCOc1ccc(NC(=O)c2c[nH]c(=S)n2-c2ccccc2)cc1. The van der Waals surface area contributed by atoms with Crippen molar-refractivity contribution in [1.29, 1.82) is 0 Å². The molecule has 6 nitrogen and oxygen atoms in total. The van der Waals surface area contributed by atoms with Gasteiger partial charge in [0.1, 0.15) is 18.1 Å². The van der Waals surface area contributed by atoms with Crippen LogP contribution >= 0.6 is 12.2 Å². The van der Waals surface area contributed by atoms with Gasteiger partial charge in [0.05, 0.1) is 6.61 Å². The summed E-state index contributed by atoms with van der Waals surface area (Å²) in [4.78, 5) is 15.6. The third kappa shape index (κ3) is 4.19. The Labute approximate surface area is 156 Å². The van der Waals surface area contributed by atoms with Crippen LogP contribution in [0.5, 0.6) is 5.75 Å². The number of para-hydroxylation sites is 1. The molecule has 0 aliphatic carbocycles. The highest BCUT2D eigenvalue weighted by Crippen LogP contribution is 2.18. The van der Waals surface area contributed by atoms with Gasteiger partial charge >= 0.3 is 0 Å². The molecular formula is C19H19N3O3S. The number of aromatic nitrogens is 2. The minimum atomic E-state index is -0.255. The number of hydrogen-bond acceptors (Lipinski definition) is 4. The largest absolute Gasteiger partial charge is 0.491 e. The maximum absolute atomic E-state index is 12.7. The lowest BCUT2D eigenvalue weighted by molar-refractivity contribution is 0.102. The number of hydrogen-bond donors (Lipinski definition) is 2. The lowest BCUT2D eigenvalue weighted by Gasteiger charge is -2.10. The van der Waals surface area contributed by atoms with E-state index in [9.17, 15) is 4.79 Å². The number of rotatable bonds is 7. The van der Waals surface area contributed by atoms with Crippen LogP contribution in [0.2, 0.25) is 0 Å². The van der Waals surface area contributed by atoms with Crippen LogP contribution < -0.4 is 10.1 Å². The van der Waals surface area contributed by atoms with E-state index in [2.05, 4.69) is 10.3 Å². The molecule has 0 spiro atoms. The highest BCUT2D eigenvalue weighted by molar-refractivity contribution is 7.71. The van der Waals surface area contributed by atoms with Gasteiger partial charge in [-0.05, 0) is 48.6 Å². The van der Waals surface area contributed by atoms with Crippen LogP contribution in [0.1, 0.15) is 10.5 Å². The number of aromatic amines is 1. The summed E-state index contributed by atoms with van der Waals surface area (Å²) < 4.78 is 12.6. The zero-order valence-corrected chi connectivity index (χ0v) is 15.1. The molecule has 7 heteroatoms. The van der Waals surface area contributed by atoms with Gasteiger partial charge < -0.3 is 19.8 Å². The lowest BCUT2D eigenvalue weighted by atomic mass is 10.2. The number of methoxy groups -OCH3 is 1. The average molecular weight is 369 g/mol. The first-order chi connectivity index (χ1) is 12.7. The molecule has 0 saturated carbocycles. The van der Waals surface area contributed by atoms with Crippen molar-refractivity contribution < 1.29 is 14.3 Å². The fraction of sp³-hybridized carbons (Fsp3) is 0.158. The molecule has 26 heavy (non-hydrogen) atoms. The molecule has 0 aliphatic rings. The fourth-order valence-corrected chi connectivity index (χ4v) is 2.70. The summed E-state index contributed by atoms with van der Waals surface area (Å²) in [5, 5.41) is 2.87. The summed E-state index contributed by atoms with van der Waals surface area (Å²) in [6.07, 6.45) is 1.60. The standard InChI is InChI=1S/C19H19N3O3S/c1-24-11-12-25-16-9-7-14(8-10-16)21-18(23)17-13-20-19(26)22(17)15-5-3-2-4-6-15/h2-10,13H,11-12H2,1H3,(H,20,26)(H,21,23). The first-order valence-corrected chi connectivity index (χ1v) is 8.49. The first-order valence-electron chi connectivity index (χ1n) is 8.08. The molecule has 134 valence electrons. The van der Waals surface area contributed by atoms with Crippen molar-refractivity contribution in [3.8, 4) is 11.4 Å². The van der Waals surface area contributed by atoms with Crippen molar-refractivity contribution in [2.45, 2.75) is 0 Å². The van der Waals surface area contributed by atoms with Crippen molar-refractivity contribution in [3.05, 3.63) is 71.3 Å². The molecule has 1 aromatic heterocycles. The lowest BCUT2D eigenvalue weighted by Crippen LogP contribution is -2.16. The van der Waals surface area contributed by atoms with Gasteiger partial charge in [0.15, 0.2) is 4.77 Å². The van der Waals surface area contributed by atoms with Gasteiger partial charge in [-0.3, -0.25) is 9.36 Å². The number of imidazole rings is 1. The van der Waals surface area contributed by atoms with Gasteiger partial charge in [-0.2, -0.15) is 0 Å². The van der Waals surface area contributed by atoms with Gasteiger partial charge in [-0.25, -0.2) is 0 Å². The van der Waals surface area contributed by atoms with E-state index in [-0.39, 0.29) is 5.91 Å². The number of H-pyrrole nitrogens is 1. The Balaban J connectivity index is 1.74. The van der Waals surface area contributed by atoms with E-state index >= 15 is 0 Å². The molecule has 0 atom stereocenters. The number of ether oxygens (including phenoxy) is 2. The van der Waals surface area contributed by atoms with Gasteiger partial charge in [0, 0.05) is 24.7 Å². The van der Waals surface area contributed by atoms with Gasteiger partial charge in [0.25, 0.3) is 5.91 Å². The van der Waals surface area contributed by atoms with Crippen molar-refractivity contribution in [1.82, 2.24) is 9.55 Å². The average Bonchev–Trinajstić information content (AvgIpc) is 3.06. The Morgan fingerprint density at radius 2 is 1.85 bits per heavy atom. The molecule has 1 heterocycles. The Kier molecular flexibility index (Phi) is 5.83. The summed E-state index contributed by atoms with van der Waals surface area (Å²) in [7, 11) is 1.62. The van der Waals surface area contributed by atoms with Gasteiger partial charge in [-0.1, -0.05) is 18.2 Å². The molecule has 3 rings (SSSR count). The topological polar surface area (TPSA) is 68.3 Å². The molecule has 0 bridgehead atoms. The summed E-state index contributed by atoms with van der Waals surface area (Å²) in [5.74, 6) is 0.461. The number of nitrogens with one attached hydrogen (secondary N) is 2. The number of anilines is 1. The van der Waals surface area contributed by atoms with Crippen LogP contribution in [0, 0.1) is 4.77 Å². The quantitative estimate of drug-likeness (QED) is 0.491. The van der Waals surface area contributed by atoms with Crippen LogP contribution in [-0.2, 0) is 4.74 Å².